The number of hydrogen-bond acceptors (Lipinski definition) is 6. The van der Waals surface area contributed by atoms with Crippen LogP contribution in [-0.2, 0) is 16.2 Å². The van der Waals surface area contributed by atoms with Crippen LogP contribution in [0.25, 0.3) is 0 Å². The minimum atomic E-state index is -0.819. The molecule has 1 heterocycles. The zero-order chi connectivity index (χ0) is 24.9. The molecule has 1 aromatic carbocycles. The highest BCUT2D eigenvalue weighted by Crippen LogP contribution is 2.61. The highest BCUT2D eigenvalue weighted by atomic mass is 79.9. The summed E-state index contributed by atoms with van der Waals surface area (Å²) in [5, 5.41) is 25.5. The van der Waals surface area contributed by atoms with E-state index in [2.05, 4.69) is 42.0 Å². The van der Waals surface area contributed by atoms with E-state index in [1.807, 2.05) is 19.1 Å². The number of rotatable bonds is 7. The number of nitrogens with zero attached hydrogens (tertiary/aromatic N) is 1. The van der Waals surface area contributed by atoms with E-state index in [1.165, 1.54) is 6.42 Å². The number of hydroxylamine groups is 2. The minimum Gasteiger partial charge on any atom is -0.495 e. The summed E-state index contributed by atoms with van der Waals surface area (Å²) in [6, 6.07) is 3.37. The van der Waals surface area contributed by atoms with E-state index in [4.69, 9.17) is 9.57 Å². The average molecular weight is 540 g/mol. The van der Waals surface area contributed by atoms with Crippen LogP contribution in [0.4, 0.5) is 0 Å². The largest absolute Gasteiger partial charge is 0.495 e. The number of fused-ring (bicyclic) bond motifs is 2. The van der Waals surface area contributed by atoms with Crippen LogP contribution in [0.1, 0.15) is 51.7 Å². The van der Waals surface area contributed by atoms with Crippen LogP contribution in [-0.4, -0.2) is 59.2 Å². The fraction of sp³-hybridized carbons (Fsp3) is 0.731. The second-order valence-electron chi connectivity index (χ2n) is 11.2. The predicted octanol–water partition coefficient (Wildman–Crippen LogP) is 3.43. The van der Waals surface area contributed by atoms with Gasteiger partial charge in [0.2, 0.25) is 5.91 Å². The van der Waals surface area contributed by atoms with Crippen molar-refractivity contribution in [2.45, 2.75) is 78.3 Å². The Balaban J connectivity index is 1.59. The summed E-state index contributed by atoms with van der Waals surface area (Å²) in [5.74, 6) is 1.61. The number of halogens is 1. The van der Waals surface area contributed by atoms with E-state index in [-0.39, 0.29) is 18.6 Å². The van der Waals surface area contributed by atoms with Crippen LogP contribution in [0.3, 0.4) is 0 Å². The van der Waals surface area contributed by atoms with Crippen LogP contribution in [0.2, 0.25) is 0 Å². The number of methoxy groups -OCH3 is 1. The molecule has 0 radical (unpaired) electrons. The maximum Gasteiger partial charge on any atom is 0.240 e. The Morgan fingerprint density at radius 2 is 2.09 bits per heavy atom. The average Bonchev–Trinajstić information content (AvgIpc) is 3.13. The first-order valence-corrected chi connectivity index (χ1v) is 13.1. The number of carbonyl (C=O) groups is 1. The molecule has 0 spiro atoms. The lowest BCUT2D eigenvalue weighted by Gasteiger charge is -2.62. The van der Waals surface area contributed by atoms with Gasteiger partial charge in [-0.1, -0.05) is 26.8 Å². The van der Waals surface area contributed by atoms with Gasteiger partial charge >= 0.3 is 0 Å². The Kier molecular flexibility index (Phi) is 7.38. The van der Waals surface area contributed by atoms with Crippen molar-refractivity contribution in [2.24, 2.45) is 29.1 Å². The number of amides is 1. The summed E-state index contributed by atoms with van der Waals surface area (Å²) >= 11 is 3.56. The molecule has 5 rings (SSSR count). The van der Waals surface area contributed by atoms with Gasteiger partial charge in [-0.2, -0.15) is 5.06 Å². The second-order valence-corrected chi connectivity index (χ2v) is 12.0. The van der Waals surface area contributed by atoms with Gasteiger partial charge in [0.05, 0.1) is 30.8 Å². The zero-order valence-corrected chi connectivity index (χ0v) is 22.6. The first kappa shape index (κ1) is 25.9. The summed E-state index contributed by atoms with van der Waals surface area (Å²) in [5.41, 5.74) is 2.25. The number of nitrogens with one attached hydrogen (secondary N) is 1. The van der Waals surface area contributed by atoms with Gasteiger partial charge in [-0.15, -0.1) is 0 Å². The Labute approximate surface area is 211 Å². The summed E-state index contributed by atoms with van der Waals surface area (Å²) < 4.78 is 6.44. The molecule has 1 aliphatic heterocycles. The zero-order valence-electron chi connectivity index (χ0n) is 21.0. The van der Waals surface area contributed by atoms with Crippen LogP contribution < -0.4 is 10.1 Å². The Morgan fingerprint density at radius 3 is 2.65 bits per heavy atom. The third-order valence-corrected chi connectivity index (χ3v) is 9.45. The highest BCUT2D eigenvalue weighted by Gasteiger charge is 2.57. The van der Waals surface area contributed by atoms with Crippen molar-refractivity contribution in [1.29, 1.82) is 0 Å². The van der Waals surface area contributed by atoms with Crippen molar-refractivity contribution in [3.8, 4) is 5.75 Å². The Hall–Kier alpha value is -1.19. The third kappa shape index (κ3) is 4.41. The lowest BCUT2D eigenvalue weighted by molar-refractivity contribution is -0.183. The van der Waals surface area contributed by atoms with Crippen molar-refractivity contribution >= 4 is 21.8 Å². The van der Waals surface area contributed by atoms with Gasteiger partial charge in [0, 0.05) is 17.5 Å². The van der Waals surface area contributed by atoms with Gasteiger partial charge in [0.1, 0.15) is 17.9 Å². The molecule has 4 fully saturated rings. The molecule has 7 nitrogen and oxygen atoms in total. The molecule has 0 aromatic heterocycles. The summed E-state index contributed by atoms with van der Waals surface area (Å²) in [4.78, 5) is 19.8. The SMILES string of the molecule is COc1c(Br)cc(C)cc1CN1O[C@@H](CO)[C@@H]([C@H](C)O)[C@H]1C(=O)N[C@H]1C[C@H]2C[C@@H]([C@@H]1C)C2(C)C. The van der Waals surface area contributed by atoms with Gasteiger partial charge in [0.25, 0.3) is 0 Å². The lowest BCUT2D eigenvalue weighted by Crippen LogP contribution is -2.62. The number of benzene rings is 1. The standard InChI is InChI=1S/C26H39BrN2O5/c1-13-7-16(24(33-6)19(27)8-13)11-29-23(22(15(3)31)21(12-30)34-29)25(32)28-20-10-17-9-18(14(20)2)26(17,4)5/h7-8,14-15,17-18,20-23,30-31H,9-12H2,1-6H3,(H,28,32)/t14-,15-,17+,18-,20-,21-,22+,23-/m0/s1. The molecule has 2 bridgehead atoms. The second kappa shape index (κ2) is 9.69. The maximum atomic E-state index is 13.7. The van der Waals surface area contributed by atoms with Crippen molar-refractivity contribution in [3.05, 3.63) is 27.7 Å². The van der Waals surface area contributed by atoms with Gasteiger partial charge in [-0.05, 0) is 77.4 Å². The molecular formula is C26H39BrN2O5. The lowest BCUT2D eigenvalue weighted by atomic mass is 9.45. The molecule has 8 atom stereocenters. The molecule has 1 aromatic rings. The number of ether oxygens (including phenoxy) is 1. The monoisotopic (exact) mass is 538 g/mol. The minimum absolute atomic E-state index is 0.108. The first-order chi connectivity index (χ1) is 16.0. The van der Waals surface area contributed by atoms with Gasteiger partial charge in [-0.3, -0.25) is 9.63 Å². The van der Waals surface area contributed by atoms with Gasteiger partial charge < -0.3 is 20.3 Å². The first-order valence-electron chi connectivity index (χ1n) is 12.3. The molecule has 3 aliphatic carbocycles. The molecule has 34 heavy (non-hydrogen) atoms. The van der Waals surface area contributed by atoms with Crippen molar-refractivity contribution in [1.82, 2.24) is 10.4 Å². The molecule has 8 heteroatoms. The van der Waals surface area contributed by atoms with E-state index < -0.39 is 24.2 Å². The van der Waals surface area contributed by atoms with E-state index in [0.717, 1.165) is 22.0 Å². The smallest absolute Gasteiger partial charge is 0.240 e. The van der Waals surface area contributed by atoms with E-state index in [0.29, 0.717) is 35.5 Å². The maximum absolute atomic E-state index is 13.7. The molecule has 4 aliphatic rings. The van der Waals surface area contributed by atoms with Gasteiger partial charge in [0.15, 0.2) is 0 Å². The van der Waals surface area contributed by atoms with E-state index in [1.54, 1.807) is 19.1 Å². The van der Waals surface area contributed by atoms with E-state index >= 15 is 0 Å². The third-order valence-electron chi connectivity index (χ3n) is 8.86. The molecule has 1 amide bonds. The molecule has 3 N–H and O–H groups in total. The molecule has 1 saturated heterocycles. The highest BCUT2D eigenvalue weighted by molar-refractivity contribution is 9.10. The van der Waals surface area contributed by atoms with Crippen LogP contribution in [0, 0.1) is 36.0 Å². The van der Waals surface area contributed by atoms with Crippen LogP contribution in [0.5, 0.6) is 5.75 Å². The predicted molar refractivity (Wildman–Crippen MR) is 133 cm³/mol. The van der Waals surface area contributed by atoms with E-state index in [9.17, 15) is 15.0 Å². The van der Waals surface area contributed by atoms with Gasteiger partial charge in [-0.25, -0.2) is 0 Å². The fourth-order valence-corrected chi connectivity index (χ4v) is 7.58. The van der Waals surface area contributed by atoms with Crippen molar-refractivity contribution < 1.29 is 24.6 Å². The van der Waals surface area contributed by atoms with Crippen LogP contribution in [0.15, 0.2) is 16.6 Å². The number of carbonyl (C=O) groups excluding carboxylic acids is 1. The van der Waals surface area contributed by atoms with Crippen molar-refractivity contribution in [3.63, 3.8) is 0 Å². The summed E-state index contributed by atoms with van der Waals surface area (Å²) in [6.07, 6.45) is 0.737. The van der Waals surface area contributed by atoms with Crippen molar-refractivity contribution in [2.75, 3.05) is 13.7 Å². The van der Waals surface area contributed by atoms with Crippen LogP contribution >= 0.6 is 15.9 Å². The Bertz CT molecular complexity index is 923. The molecular weight excluding hydrogens is 500 g/mol. The normalized spacial score (nSPS) is 35.5. The summed E-state index contributed by atoms with van der Waals surface area (Å²) in [6.45, 7) is 10.6. The molecule has 0 unspecified atom stereocenters. The quantitative estimate of drug-likeness (QED) is 0.492. The number of aliphatic hydroxyl groups is 2. The fourth-order valence-electron chi connectivity index (χ4n) is 6.80. The summed E-state index contributed by atoms with van der Waals surface area (Å²) in [7, 11) is 1.61. The molecule has 3 saturated carbocycles. The number of aryl methyl sites for hydroxylation is 1. The number of aliphatic hydroxyl groups excluding tert-OH is 2. The topological polar surface area (TPSA) is 91.3 Å². The Morgan fingerprint density at radius 1 is 1.38 bits per heavy atom. The molecule has 190 valence electrons. The number of hydrogen-bond donors (Lipinski definition) is 3.